The second-order valence-corrected chi connectivity index (χ2v) is 13.0. The molecule has 0 bridgehead atoms. The van der Waals surface area contributed by atoms with Crippen LogP contribution in [0.2, 0.25) is 0 Å². The van der Waals surface area contributed by atoms with Gasteiger partial charge >= 0.3 is 0 Å². The van der Waals surface area contributed by atoms with Crippen molar-refractivity contribution in [2.75, 3.05) is 44.9 Å². The fourth-order valence-corrected chi connectivity index (χ4v) is 5.06. The van der Waals surface area contributed by atoms with Gasteiger partial charge in [-0.1, -0.05) is 25.1 Å². The molecule has 0 aromatic heterocycles. The molecule has 10 nitrogen and oxygen atoms in total. The summed E-state index contributed by atoms with van der Waals surface area (Å²) < 4.78 is 37.9. The summed E-state index contributed by atoms with van der Waals surface area (Å²) in [4.78, 5) is 28.5. The van der Waals surface area contributed by atoms with E-state index in [2.05, 4.69) is 5.32 Å². The summed E-state index contributed by atoms with van der Waals surface area (Å²) in [5.74, 6) is -0.546. The molecule has 0 aliphatic carbocycles. The molecule has 3 rings (SSSR count). The van der Waals surface area contributed by atoms with Gasteiger partial charge in [-0.25, -0.2) is 12.7 Å². The van der Waals surface area contributed by atoms with Gasteiger partial charge in [-0.3, -0.25) is 9.59 Å². The van der Waals surface area contributed by atoms with Gasteiger partial charge in [0, 0.05) is 43.9 Å². The molecule has 0 radical (unpaired) electrons. The van der Waals surface area contributed by atoms with Crippen LogP contribution in [0.4, 0.5) is 5.69 Å². The largest absolute Gasteiger partial charge is 0.490 e. The number of anilines is 1. The number of benzene rings is 2. The van der Waals surface area contributed by atoms with Crippen LogP contribution < -0.4 is 10.1 Å². The van der Waals surface area contributed by atoms with E-state index < -0.39 is 22.2 Å². The third-order valence-corrected chi connectivity index (χ3v) is 8.63. The second-order valence-electron chi connectivity index (χ2n) is 10.9. The summed E-state index contributed by atoms with van der Waals surface area (Å²) in [6, 6.07) is 13.2. The first-order valence-electron chi connectivity index (χ1n) is 14.0. The molecule has 2 N–H and O–H groups in total. The Morgan fingerprint density at radius 3 is 2.54 bits per heavy atom. The highest BCUT2D eigenvalue weighted by Gasteiger charge is 2.31. The van der Waals surface area contributed by atoms with Gasteiger partial charge in [0.15, 0.2) is 0 Å². The van der Waals surface area contributed by atoms with E-state index in [0.29, 0.717) is 23.6 Å². The van der Waals surface area contributed by atoms with Gasteiger partial charge < -0.3 is 24.8 Å². The second kappa shape index (κ2) is 14.8. The van der Waals surface area contributed by atoms with Gasteiger partial charge in [0.2, 0.25) is 10.0 Å². The molecule has 0 unspecified atom stereocenters. The van der Waals surface area contributed by atoms with Crippen molar-refractivity contribution < 1.29 is 32.6 Å². The predicted octanol–water partition coefficient (Wildman–Crippen LogP) is 3.63. The Bertz CT molecular complexity index is 1270. The van der Waals surface area contributed by atoms with Crippen LogP contribution in [0.1, 0.15) is 60.7 Å². The molecule has 2 aromatic carbocycles. The monoisotopic (exact) mass is 589 g/mol. The molecule has 1 aliphatic rings. The Morgan fingerprint density at radius 1 is 1.17 bits per heavy atom. The molecule has 0 saturated heterocycles. The number of nitrogens with one attached hydrogen (secondary N) is 1. The third-order valence-electron chi connectivity index (χ3n) is 7.35. The number of amides is 2. The number of nitrogens with zero attached hydrogens (tertiary/aromatic N) is 2. The van der Waals surface area contributed by atoms with Crippen molar-refractivity contribution in [2.24, 2.45) is 5.92 Å². The van der Waals surface area contributed by atoms with Crippen LogP contribution in [0.5, 0.6) is 5.75 Å². The summed E-state index contributed by atoms with van der Waals surface area (Å²) >= 11 is 0. The summed E-state index contributed by atoms with van der Waals surface area (Å²) in [5.41, 5.74) is 1.18. The Kier molecular flexibility index (Phi) is 11.7. The van der Waals surface area contributed by atoms with Crippen molar-refractivity contribution in [1.29, 1.82) is 0 Å². The van der Waals surface area contributed by atoms with Crippen molar-refractivity contribution in [1.82, 2.24) is 9.21 Å². The third kappa shape index (κ3) is 9.26. The van der Waals surface area contributed by atoms with E-state index in [4.69, 9.17) is 9.47 Å². The van der Waals surface area contributed by atoms with Crippen LogP contribution >= 0.6 is 0 Å². The molecule has 41 heavy (non-hydrogen) atoms. The lowest BCUT2D eigenvalue weighted by molar-refractivity contribution is -0.00828. The predicted molar refractivity (Wildman–Crippen MR) is 159 cm³/mol. The summed E-state index contributed by atoms with van der Waals surface area (Å²) in [7, 11) is -1.92. The number of fused-ring (bicyclic) bond motifs is 1. The van der Waals surface area contributed by atoms with Gasteiger partial charge in [0.25, 0.3) is 11.8 Å². The van der Waals surface area contributed by atoms with Gasteiger partial charge in [-0.15, -0.1) is 0 Å². The Balaban J connectivity index is 1.99. The molecular formula is C30H43N3O7S. The number of ether oxygens (including phenoxy) is 2. The van der Waals surface area contributed by atoms with Crippen LogP contribution in [0.15, 0.2) is 48.5 Å². The van der Waals surface area contributed by atoms with E-state index >= 15 is 0 Å². The van der Waals surface area contributed by atoms with Gasteiger partial charge in [0.05, 0.1) is 36.7 Å². The molecule has 4 atom stereocenters. The summed E-state index contributed by atoms with van der Waals surface area (Å²) in [6.45, 7) is 6.11. The number of sulfonamides is 1. The topological polar surface area (TPSA) is 125 Å². The highest BCUT2D eigenvalue weighted by molar-refractivity contribution is 7.88. The Hall–Kier alpha value is -2.99. The maximum absolute atomic E-state index is 14.1. The van der Waals surface area contributed by atoms with Gasteiger partial charge in [0.1, 0.15) is 5.75 Å². The number of aliphatic hydroxyl groups excluding tert-OH is 1. The first-order chi connectivity index (χ1) is 19.4. The van der Waals surface area contributed by atoms with Crippen molar-refractivity contribution in [3.05, 3.63) is 59.7 Å². The number of aliphatic hydroxyl groups is 1. The van der Waals surface area contributed by atoms with Crippen molar-refractivity contribution in [3.63, 3.8) is 0 Å². The van der Waals surface area contributed by atoms with Crippen molar-refractivity contribution in [2.45, 2.75) is 58.3 Å². The lowest BCUT2D eigenvalue weighted by atomic mass is 10.0. The lowest BCUT2D eigenvalue weighted by Crippen LogP contribution is -2.47. The van der Waals surface area contributed by atoms with Gasteiger partial charge in [-0.05, 0) is 63.4 Å². The molecule has 11 heteroatoms. The van der Waals surface area contributed by atoms with Crippen LogP contribution in [0.3, 0.4) is 0 Å². The number of rotatable bonds is 7. The van der Waals surface area contributed by atoms with Crippen LogP contribution in [-0.4, -0.2) is 92.4 Å². The average molecular weight is 590 g/mol. The van der Waals surface area contributed by atoms with E-state index in [-0.39, 0.29) is 49.1 Å². The quantitative estimate of drug-likeness (QED) is 0.505. The molecule has 226 valence electrons. The van der Waals surface area contributed by atoms with Crippen molar-refractivity contribution in [3.8, 4) is 5.75 Å². The van der Waals surface area contributed by atoms with E-state index in [0.717, 1.165) is 25.5 Å². The number of carbonyl (C=O) groups excluding carboxylic acids is 2. The smallest absolute Gasteiger partial charge is 0.258 e. The highest BCUT2D eigenvalue weighted by atomic mass is 32.2. The van der Waals surface area contributed by atoms with Crippen LogP contribution in [-0.2, 0) is 14.8 Å². The molecule has 1 heterocycles. The highest BCUT2D eigenvalue weighted by Crippen LogP contribution is 2.29. The standard InChI is InChI=1S/C30H43N3O7S/c1-21-18-33(22(2)20-34)30(36)26-17-25(31-29(35)24-12-7-6-8-13-24)14-15-27(26)40-23(3)11-9-10-16-39-28(21)19-32(4)41(5,37)38/h6-8,12-15,17,21-23,28,34H,9-11,16,18-20H2,1-5H3,(H,31,35)/t21-,22+,23-,28+/m1/s1. The number of carbonyl (C=O) groups is 2. The number of hydrogen-bond donors (Lipinski definition) is 2. The van der Waals surface area contributed by atoms with E-state index in [1.807, 2.05) is 19.9 Å². The average Bonchev–Trinajstić information content (AvgIpc) is 2.94. The maximum Gasteiger partial charge on any atom is 0.258 e. The molecule has 2 aromatic rings. The Labute approximate surface area is 243 Å². The molecule has 1 aliphatic heterocycles. The van der Waals surface area contributed by atoms with Crippen molar-refractivity contribution >= 4 is 27.5 Å². The maximum atomic E-state index is 14.1. The Morgan fingerprint density at radius 2 is 1.88 bits per heavy atom. The number of hydrogen-bond acceptors (Lipinski definition) is 7. The first-order valence-corrected chi connectivity index (χ1v) is 15.9. The minimum absolute atomic E-state index is 0.140. The minimum Gasteiger partial charge on any atom is -0.490 e. The van der Waals surface area contributed by atoms with Crippen LogP contribution in [0, 0.1) is 5.92 Å². The molecule has 2 amide bonds. The van der Waals surface area contributed by atoms with Gasteiger partial charge in [-0.2, -0.15) is 0 Å². The number of likely N-dealkylation sites (N-methyl/N-ethyl adjacent to an activating group) is 1. The molecule has 0 fully saturated rings. The van der Waals surface area contributed by atoms with E-state index in [9.17, 15) is 23.1 Å². The minimum atomic E-state index is -3.43. The molecule has 0 spiro atoms. The summed E-state index contributed by atoms with van der Waals surface area (Å²) in [6.07, 6.45) is 2.81. The SMILES string of the molecule is C[C@@H]1CCCCO[C@@H](CN(C)S(C)(=O)=O)[C@H](C)CN([C@@H](C)CO)C(=O)c2cc(NC(=O)c3ccccc3)ccc2O1. The zero-order valence-corrected chi connectivity index (χ0v) is 25.4. The molecular weight excluding hydrogens is 546 g/mol. The fourth-order valence-electron chi connectivity index (χ4n) is 4.64. The molecule has 0 saturated carbocycles. The van der Waals surface area contributed by atoms with E-state index in [1.165, 1.54) is 11.4 Å². The first kappa shape index (κ1) is 32.5. The normalized spacial score (nSPS) is 21.9. The zero-order valence-electron chi connectivity index (χ0n) is 24.6. The fraction of sp³-hybridized carbons (Fsp3) is 0.533. The van der Waals surface area contributed by atoms with Crippen LogP contribution in [0.25, 0.3) is 0 Å². The lowest BCUT2D eigenvalue weighted by Gasteiger charge is -2.35. The zero-order chi connectivity index (χ0) is 30.2. The van der Waals surface area contributed by atoms with E-state index in [1.54, 1.807) is 54.3 Å². The summed E-state index contributed by atoms with van der Waals surface area (Å²) in [5, 5.41) is 12.9.